The fraction of sp³-hybridized carbons (Fsp3) is 0.269. The lowest BCUT2D eigenvalue weighted by molar-refractivity contribution is -0.865. The quantitative estimate of drug-likeness (QED) is 0.657. The predicted octanol–water partition coefficient (Wildman–Crippen LogP) is 1.10. The maximum Gasteiger partial charge on any atom is 0.254 e. The molecule has 3 nitrogen and oxygen atoms in total. The fourth-order valence-corrected chi connectivity index (χ4v) is 4.49. The summed E-state index contributed by atoms with van der Waals surface area (Å²) in [5.74, 6) is 0.134. The van der Waals surface area contributed by atoms with E-state index in [0.29, 0.717) is 12.6 Å². The number of amides is 1. The highest BCUT2D eigenvalue weighted by Crippen LogP contribution is 2.21. The van der Waals surface area contributed by atoms with E-state index in [1.807, 2.05) is 48.5 Å². The second-order valence-corrected chi connectivity index (χ2v) is 8.01. The zero-order valence-electron chi connectivity index (χ0n) is 17.4. The topological polar surface area (TPSA) is 24.8 Å². The number of para-hydroxylation sites is 1. The first-order valence-electron chi connectivity index (χ1n) is 10.5. The van der Waals surface area contributed by atoms with Gasteiger partial charge >= 0.3 is 0 Å². The van der Waals surface area contributed by atoms with Gasteiger partial charge in [-0.25, -0.2) is 0 Å². The predicted molar refractivity (Wildman–Crippen MR) is 117 cm³/mol. The number of hydrogen-bond acceptors (Lipinski definition) is 1. The molecule has 3 aromatic carbocycles. The van der Waals surface area contributed by atoms with Crippen molar-refractivity contribution in [2.45, 2.75) is 38.4 Å². The van der Waals surface area contributed by atoms with Crippen molar-refractivity contribution < 1.29 is 22.1 Å². The van der Waals surface area contributed by atoms with Crippen LogP contribution in [-0.4, -0.2) is 29.4 Å². The van der Waals surface area contributed by atoms with Crippen molar-refractivity contribution in [1.82, 2.24) is 4.90 Å². The summed E-state index contributed by atoms with van der Waals surface area (Å²) in [7, 11) is 0. The van der Waals surface area contributed by atoms with E-state index < -0.39 is 0 Å². The maximum atomic E-state index is 13.4. The van der Waals surface area contributed by atoms with E-state index in [1.165, 1.54) is 16.2 Å². The molecule has 0 radical (unpaired) electrons. The van der Waals surface area contributed by atoms with E-state index in [9.17, 15) is 4.79 Å². The Hall–Kier alpha value is -2.62. The maximum absolute atomic E-state index is 13.4. The highest BCUT2D eigenvalue weighted by Gasteiger charge is 2.35. The normalized spacial score (nSPS) is 20.8. The smallest absolute Gasteiger partial charge is 0.254 e. The van der Waals surface area contributed by atoms with Gasteiger partial charge in [0.1, 0.15) is 5.69 Å². The lowest BCUT2D eigenvalue weighted by atomic mass is 9.95. The minimum atomic E-state index is 0. The van der Waals surface area contributed by atoms with Gasteiger partial charge in [-0.05, 0) is 36.8 Å². The second-order valence-electron chi connectivity index (χ2n) is 8.01. The third-order valence-electron chi connectivity index (χ3n) is 6.03. The summed E-state index contributed by atoms with van der Waals surface area (Å²) >= 11 is 0. The van der Waals surface area contributed by atoms with Crippen LogP contribution in [0.15, 0.2) is 91.0 Å². The minimum Gasteiger partial charge on any atom is -1.00 e. The van der Waals surface area contributed by atoms with Crippen molar-refractivity contribution in [2.75, 3.05) is 6.54 Å². The third-order valence-corrected chi connectivity index (χ3v) is 6.03. The van der Waals surface area contributed by atoms with Crippen molar-refractivity contribution in [3.05, 3.63) is 102 Å². The van der Waals surface area contributed by atoms with Gasteiger partial charge in [-0.1, -0.05) is 66.7 Å². The molecule has 1 fully saturated rings. The highest BCUT2D eigenvalue weighted by molar-refractivity contribution is 5.94. The number of benzene rings is 3. The van der Waals surface area contributed by atoms with Crippen LogP contribution in [0.1, 0.15) is 35.7 Å². The second kappa shape index (κ2) is 10.4. The Labute approximate surface area is 185 Å². The number of carbonyl (C=O) groups is 1. The average Bonchev–Trinajstić information content (AvgIpc) is 2.79. The largest absolute Gasteiger partial charge is 1.00 e. The highest BCUT2D eigenvalue weighted by atomic mass is 35.5. The van der Waals surface area contributed by atoms with Crippen LogP contribution >= 0.6 is 0 Å². The fourth-order valence-electron chi connectivity index (χ4n) is 4.49. The van der Waals surface area contributed by atoms with Gasteiger partial charge in [-0.15, -0.1) is 0 Å². The summed E-state index contributed by atoms with van der Waals surface area (Å²) in [5, 5.41) is 0. The van der Waals surface area contributed by atoms with E-state index in [0.717, 1.165) is 24.9 Å². The number of rotatable bonds is 5. The molecule has 3 unspecified atom stereocenters. The molecule has 0 spiro atoms. The molecule has 1 aliphatic heterocycles. The van der Waals surface area contributed by atoms with Gasteiger partial charge in [0.05, 0.1) is 12.6 Å². The number of nitrogens with one attached hydrogen (secondary N) is 1. The number of carbonyl (C=O) groups excluding carboxylic acids is 1. The first-order chi connectivity index (χ1) is 14.2. The van der Waals surface area contributed by atoms with Crippen LogP contribution in [0.5, 0.6) is 0 Å². The van der Waals surface area contributed by atoms with Gasteiger partial charge in [0, 0.05) is 31.0 Å². The van der Waals surface area contributed by atoms with Crippen molar-refractivity contribution in [3.8, 4) is 0 Å². The summed E-state index contributed by atoms with van der Waals surface area (Å²) < 4.78 is 0. The van der Waals surface area contributed by atoms with Crippen molar-refractivity contribution >= 4 is 11.6 Å². The zero-order chi connectivity index (χ0) is 20.1. The van der Waals surface area contributed by atoms with E-state index in [4.69, 9.17) is 0 Å². The molecule has 1 N–H and O–H groups in total. The van der Waals surface area contributed by atoms with Crippen LogP contribution in [0.4, 0.5) is 5.69 Å². The number of nitrogens with zero attached hydrogens (tertiary/aromatic N) is 1. The lowest BCUT2D eigenvalue weighted by Crippen LogP contribution is -3.12. The Kier molecular flexibility index (Phi) is 7.67. The molecule has 0 saturated carbocycles. The van der Waals surface area contributed by atoms with Gasteiger partial charge in [0.25, 0.3) is 5.91 Å². The number of halogens is 1. The van der Waals surface area contributed by atoms with Gasteiger partial charge in [0.15, 0.2) is 0 Å². The number of piperidine rings is 1. The summed E-state index contributed by atoms with van der Waals surface area (Å²) in [6.45, 7) is 4.01. The first-order valence-corrected chi connectivity index (χ1v) is 10.5. The average molecular weight is 421 g/mol. The molecular weight excluding hydrogens is 392 g/mol. The minimum absolute atomic E-state index is 0. The summed E-state index contributed by atoms with van der Waals surface area (Å²) in [6.07, 6.45) is 2.02. The van der Waals surface area contributed by atoms with Crippen LogP contribution in [0.25, 0.3) is 0 Å². The molecule has 3 atom stereocenters. The molecular formula is C26H29ClN2O. The van der Waals surface area contributed by atoms with Crippen LogP contribution in [-0.2, 0) is 6.54 Å². The molecule has 156 valence electrons. The van der Waals surface area contributed by atoms with Crippen LogP contribution < -0.4 is 17.3 Å². The molecule has 4 rings (SSSR count). The van der Waals surface area contributed by atoms with Gasteiger partial charge in [-0.3, -0.25) is 4.79 Å². The molecule has 0 aliphatic carbocycles. The van der Waals surface area contributed by atoms with E-state index in [2.05, 4.69) is 54.3 Å². The molecule has 3 aromatic rings. The molecule has 1 saturated heterocycles. The van der Waals surface area contributed by atoms with Crippen molar-refractivity contribution in [3.63, 3.8) is 0 Å². The third kappa shape index (κ3) is 5.10. The summed E-state index contributed by atoms with van der Waals surface area (Å²) in [4.78, 5) is 17.0. The molecule has 4 heteroatoms. The van der Waals surface area contributed by atoms with Crippen molar-refractivity contribution in [1.29, 1.82) is 0 Å². The molecule has 1 aliphatic rings. The molecule has 1 amide bonds. The monoisotopic (exact) mass is 420 g/mol. The lowest BCUT2D eigenvalue weighted by Gasteiger charge is -2.40. The van der Waals surface area contributed by atoms with Gasteiger partial charge in [0.2, 0.25) is 0 Å². The first kappa shape index (κ1) is 22.1. The standard InChI is InChI=1S/C26H28N2O.ClH/c1-21-19-25(17-18-27(21)24-15-9-4-10-16-24)28(20-22-11-5-2-6-12-22)26(29)23-13-7-3-8-14-23;/h2-16,21,25H,17-20H2,1H3;1H. The van der Waals surface area contributed by atoms with Crippen LogP contribution in [0.2, 0.25) is 0 Å². The molecule has 30 heavy (non-hydrogen) atoms. The Morgan fingerprint density at radius 2 is 1.47 bits per heavy atom. The zero-order valence-corrected chi connectivity index (χ0v) is 18.1. The molecule has 1 heterocycles. The van der Waals surface area contributed by atoms with E-state index in [1.54, 1.807) is 0 Å². The Morgan fingerprint density at radius 1 is 0.900 bits per heavy atom. The van der Waals surface area contributed by atoms with Gasteiger partial charge in [-0.2, -0.15) is 0 Å². The van der Waals surface area contributed by atoms with Crippen molar-refractivity contribution in [2.24, 2.45) is 0 Å². The van der Waals surface area contributed by atoms with Gasteiger partial charge < -0.3 is 22.2 Å². The molecule has 0 bridgehead atoms. The molecule has 0 aromatic heterocycles. The Bertz CT molecular complexity index is 918. The number of hydrogen-bond donors (Lipinski definition) is 1. The SMILES string of the molecule is CC1CC(N(Cc2ccccc2)C(=O)c2ccccc2)CC[NH+]1c1ccccc1.[Cl-]. The summed E-state index contributed by atoms with van der Waals surface area (Å²) in [6, 6.07) is 31.5. The van der Waals surface area contributed by atoms with Crippen LogP contribution in [0, 0.1) is 0 Å². The van der Waals surface area contributed by atoms with E-state index >= 15 is 0 Å². The van der Waals surface area contributed by atoms with E-state index in [-0.39, 0.29) is 24.4 Å². The number of quaternary nitrogens is 1. The summed E-state index contributed by atoms with van der Waals surface area (Å²) in [5.41, 5.74) is 3.30. The Morgan fingerprint density at radius 3 is 2.07 bits per heavy atom. The van der Waals surface area contributed by atoms with Crippen LogP contribution in [0.3, 0.4) is 0 Å². The Balaban J connectivity index is 0.00000256.